The van der Waals surface area contributed by atoms with Crippen molar-refractivity contribution in [3.63, 3.8) is 0 Å². The van der Waals surface area contributed by atoms with E-state index in [9.17, 15) is 4.79 Å². The molecule has 0 unspecified atom stereocenters. The number of ether oxygens (including phenoxy) is 1. The number of carboxylic acid groups (broad SMARTS) is 1. The van der Waals surface area contributed by atoms with Crippen molar-refractivity contribution in [2.75, 3.05) is 0 Å². The monoisotopic (exact) mass is 270 g/mol. The van der Waals surface area contributed by atoms with Crippen molar-refractivity contribution in [1.29, 1.82) is 0 Å². The number of hydrogen-bond acceptors (Lipinski definition) is 2. The van der Waals surface area contributed by atoms with Crippen LogP contribution >= 0.6 is 0 Å². The quantitative estimate of drug-likeness (QED) is 0.874. The Hall–Kier alpha value is -2.29. The smallest absolute Gasteiger partial charge is 0.307 e. The van der Waals surface area contributed by atoms with Crippen molar-refractivity contribution >= 4 is 5.97 Å². The largest absolute Gasteiger partial charge is 0.489 e. The van der Waals surface area contributed by atoms with Gasteiger partial charge in [-0.15, -0.1) is 0 Å². The van der Waals surface area contributed by atoms with Crippen LogP contribution in [0.5, 0.6) is 5.75 Å². The Balaban J connectivity index is 1.91. The summed E-state index contributed by atoms with van der Waals surface area (Å²) in [5.41, 5.74) is 3.11. The minimum Gasteiger partial charge on any atom is -0.489 e. The van der Waals surface area contributed by atoms with E-state index >= 15 is 0 Å². The van der Waals surface area contributed by atoms with Crippen LogP contribution in [0.15, 0.2) is 48.5 Å². The van der Waals surface area contributed by atoms with Gasteiger partial charge in [-0.05, 0) is 35.2 Å². The first-order valence-electron chi connectivity index (χ1n) is 6.68. The highest BCUT2D eigenvalue weighted by atomic mass is 16.5. The molecule has 0 aliphatic carbocycles. The van der Waals surface area contributed by atoms with Crippen LogP contribution in [-0.2, 0) is 24.2 Å². The van der Waals surface area contributed by atoms with Crippen LogP contribution in [0.3, 0.4) is 0 Å². The lowest BCUT2D eigenvalue weighted by Gasteiger charge is -2.07. The summed E-state index contributed by atoms with van der Waals surface area (Å²) in [7, 11) is 0. The van der Waals surface area contributed by atoms with E-state index < -0.39 is 5.97 Å². The number of hydrogen-bond donors (Lipinski definition) is 1. The van der Waals surface area contributed by atoms with E-state index in [1.165, 1.54) is 5.56 Å². The molecule has 3 heteroatoms. The van der Waals surface area contributed by atoms with Gasteiger partial charge in [0.1, 0.15) is 12.4 Å². The summed E-state index contributed by atoms with van der Waals surface area (Å²) in [6, 6.07) is 15.5. The summed E-state index contributed by atoms with van der Waals surface area (Å²) in [5.74, 6) is 0.0295. The summed E-state index contributed by atoms with van der Waals surface area (Å²) < 4.78 is 5.70. The molecule has 0 aromatic heterocycles. The maximum Gasteiger partial charge on any atom is 0.307 e. The molecule has 2 aromatic rings. The third kappa shape index (κ3) is 4.12. The van der Waals surface area contributed by atoms with Gasteiger partial charge >= 0.3 is 5.97 Å². The van der Waals surface area contributed by atoms with Crippen LogP contribution in [0.25, 0.3) is 0 Å². The molecule has 20 heavy (non-hydrogen) atoms. The van der Waals surface area contributed by atoms with Crippen LogP contribution in [-0.4, -0.2) is 11.1 Å². The molecular formula is C17H18O3. The van der Waals surface area contributed by atoms with E-state index in [-0.39, 0.29) is 6.42 Å². The number of carbonyl (C=O) groups is 1. The van der Waals surface area contributed by atoms with Crippen molar-refractivity contribution in [1.82, 2.24) is 0 Å². The Morgan fingerprint density at radius 1 is 0.950 bits per heavy atom. The summed E-state index contributed by atoms with van der Waals surface area (Å²) in [6.45, 7) is 2.60. The number of carboxylic acids is 1. The lowest BCUT2D eigenvalue weighted by atomic mass is 10.1. The Kier molecular flexibility index (Phi) is 4.77. The first-order chi connectivity index (χ1) is 9.67. The van der Waals surface area contributed by atoms with Crippen molar-refractivity contribution in [3.05, 3.63) is 65.2 Å². The SMILES string of the molecule is CCc1ccc(OCc2ccc(CC(=O)O)cc2)cc1. The zero-order valence-corrected chi connectivity index (χ0v) is 11.5. The summed E-state index contributed by atoms with van der Waals surface area (Å²) in [4.78, 5) is 10.6. The molecule has 0 saturated carbocycles. The molecule has 0 spiro atoms. The number of aliphatic carboxylic acids is 1. The van der Waals surface area contributed by atoms with Gasteiger partial charge in [0.15, 0.2) is 0 Å². The van der Waals surface area contributed by atoms with Gasteiger partial charge in [0.05, 0.1) is 6.42 Å². The van der Waals surface area contributed by atoms with Crippen LogP contribution < -0.4 is 4.74 Å². The first-order valence-corrected chi connectivity index (χ1v) is 6.68. The van der Waals surface area contributed by atoms with Crippen LogP contribution in [0.2, 0.25) is 0 Å². The second kappa shape index (κ2) is 6.75. The fourth-order valence-corrected chi connectivity index (χ4v) is 1.92. The molecule has 0 aliphatic heterocycles. The summed E-state index contributed by atoms with van der Waals surface area (Å²) >= 11 is 0. The van der Waals surface area contributed by atoms with E-state index in [1.807, 2.05) is 36.4 Å². The van der Waals surface area contributed by atoms with Gasteiger partial charge in [-0.2, -0.15) is 0 Å². The molecule has 0 heterocycles. The number of aryl methyl sites for hydroxylation is 1. The average Bonchev–Trinajstić information content (AvgIpc) is 2.46. The molecule has 1 N–H and O–H groups in total. The topological polar surface area (TPSA) is 46.5 Å². The molecule has 2 aromatic carbocycles. The fourth-order valence-electron chi connectivity index (χ4n) is 1.92. The predicted octanol–water partition coefficient (Wildman–Crippen LogP) is 3.46. The van der Waals surface area contributed by atoms with E-state index in [1.54, 1.807) is 0 Å². The van der Waals surface area contributed by atoms with E-state index in [4.69, 9.17) is 9.84 Å². The molecule has 0 bridgehead atoms. The molecule has 0 aliphatic rings. The second-order valence-electron chi connectivity index (χ2n) is 4.67. The maximum absolute atomic E-state index is 10.6. The number of rotatable bonds is 6. The molecule has 0 amide bonds. The fraction of sp³-hybridized carbons (Fsp3) is 0.235. The molecule has 0 radical (unpaired) electrons. The first kappa shape index (κ1) is 14.1. The summed E-state index contributed by atoms with van der Waals surface area (Å²) in [5, 5.41) is 8.71. The van der Waals surface area contributed by atoms with Gasteiger partial charge < -0.3 is 9.84 Å². The van der Waals surface area contributed by atoms with E-state index in [0.29, 0.717) is 6.61 Å². The van der Waals surface area contributed by atoms with Gasteiger partial charge in [0, 0.05) is 0 Å². The zero-order chi connectivity index (χ0) is 14.4. The molecule has 0 fully saturated rings. The van der Waals surface area contributed by atoms with Crippen LogP contribution in [0.4, 0.5) is 0 Å². The van der Waals surface area contributed by atoms with Crippen molar-refractivity contribution in [2.24, 2.45) is 0 Å². The standard InChI is InChI=1S/C17H18O3/c1-2-13-7-9-16(10-8-13)20-12-15-5-3-14(4-6-15)11-17(18)19/h3-10H,2,11-12H2,1H3,(H,18,19). The summed E-state index contributed by atoms with van der Waals surface area (Å²) in [6.07, 6.45) is 1.07. The average molecular weight is 270 g/mol. The Morgan fingerprint density at radius 2 is 1.50 bits per heavy atom. The molecule has 2 rings (SSSR count). The molecule has 0 atom stereocenters. The highest BCUT2D eigenvalue weighted by molar-refractivity contribution is 5.70. The third-order valence-electron chi connectivity index (χ3n) is 3.12. The lowest BCUT2D eigenvalue weighted by Crippen LogP contribution is -2.00. The Morgan fingerprint density at radius 3 is 2.05 bits per heavy atom. The second-order valence-corrected chi connectivity index (χ2v) is 4.67. The minimum atomic E-state index is -0.815. The molecular weight excluding hydrogens is 252 g/mol. The van der Waals surface area contributed by atoms with Crippen LogP contribution in [0, 0.1) is 0 Å². The third-order valence-corrected chi connectivity index (χ3v) is 3.12. The minimum absolute atomic E-state index is 0.0552. The van der Waals surface area contributed by atoms with Crippen molar-refractivity contribution < 1.29 is 14.6 Å². The molecule has 104 valence electrons. The van der Waals surface area contributed by atoms with Gasteiger partial charge in [-0.3, -0.25) is 4.79 Å². The van der Waals surface area contributed by atoms with Crippen molar-refractivity contribution in [3.8, 4) is 5.75 Å². The number of benzene rings is 2. The Labute approximate surface area is 118 Å². The van der Waals surface area contributed by atoms with E-state index in [2.05, 4.69) is 19.1 Å². The lowest BCUT2D eigenvalue weighted by molar-refractivity contribution is -0.136. The molecule has 3 nitrogen and oxygen atoms in total. The zero-order valence-electron chi connectivity index (χ0n) is 11.5. The highest BCUT2D eigenvalue weighted by Gasteiger charge is 2.01. The normalized spacial score (nSPS) is 10.2. The molecule has 0 saturated heterocycles. The predicted molar refractivity (Wildman–Crippen MR) is 77.9 cm³/mol. The van der Waals surface area contributed by atoms with Gasteiger partial charge in [0.2, 0.25) is 0 Å². The van der Waals surface area contributed by atoms with E-state index in [0.717, 1.165) is 23.3 Å². The van der Waals surface area contributed by atoms with Gasteiger partial charge in [0.25, 0.3) is 0 Å². The Bertz CT molecular complexity index is 556. The highest BCUT2D eigenvalue weighted by Crippen LogP contribution is 2.15. The van der Waals surface area contributed by atoms with Gasteiger partial charge in [-0.1, -0.05) is 43.3 Å². The van der Waals surface area contributed by atoms with Gasteiger partial charge in [-0.25, -0.2) is 0 Å². The maximum atomic E-state index is 10.6. The van der Waals surface area contributed by atoms with Crippen molar-refractivity contribution in [2.45, 2.75) is 26.4 Å². The van der Waals surface area contributed by atoms with Crippen LogP contribution in [0.1, 0.15) is 23.6 Å².